The summed E-state index contributed by atoms with van der Waals surface area (Å²) in [5.41, 5.74) is 5.63. The first kappa shape index (κ1) is 9.18. The lowest BCUT2D eigenvalue weighted by atomic mass is 10.0. The van der Waals surface area contributed by atoms with Gasteiger partial charge in [-0.2, -0.15) is 0 Å². The molecule has 0 unspecified atom stereocenters. The van der Waals surface area contributed by atoms with E-state index in [0.717, 1.165) is 0 Å². The molecule has 0 fully saturated rings. The molecule has 0 saturated heterocycles. The largest absolute Gasteiger partial charge is 0.351 e. The topological polar surface area (TPSA) is 96.0 Å². The second-order valence-electron chi connectivity index (χ2n) is 2.65. The highest BCUT2D eigenvalue weighted by Crippen LogP contribution is 2.09. The molecule has 1 aliphatic rings. The van der Waals surface area contributed by atoms with Crippen molar-refractivity contribution in [1.82, 2.24) is 5.32 Å². The van der Waals surface area contributed by atoms with Crippen molar-refractivity contribution >= 4 is 17.5 Å². The molecule has 0 spiro atoms. The van der Waals surface area contributed by atoms with Gasteiger partial charge in [0.2, 0.25) is 0 Å². The molecule has 2 amide bonds. The van der Waals surface area contributed by atoms with E-state index >= 15 is 0 Å². The first-order valence-corrected chi connectivity index (χ1v) is 3.60. The second-order valence-corrected chi connectivity index (χ2v) is 2.65. The average molecular weight is 179 g/mol. The van der Waals surface area contributed by atoms with Crippen LogP contribution in [-0.4, -0.2) is 17.5 Å². The van der Waals surface area contributed by atoms with Crippen LogP contribution >= 0.6 is 0 Å². The van der Waals surface area contributed by atoms with Gasteiger partial charge in [0.05, 0.1) is 11.4 Å². The highest BCUT2D eigenvalue weighted by atomic mass is 16.2. The predicted molar refractivity (Wildman–Crippen MR) is 47.3 cm³/mol. The molecule has 1 aliphatic carbocycles. The molecule has 0 aromatic rings. The lowest BCUT2D eigenvalue weighted by Gasteiger charge is -2.12. The summed E-state index contributed by atoms with van der Waals surface area (Å²) in [5.74, 6) is -0.253. The maximum atomic E-state index is 11.0. The number of primary amides is 1. The summed E-state index contributed by atoms with van der Waals surface area (Å²) < 4.78 is 0. The van der Waals surface area contributed by atoms with Crippen molar-refractivity contribution in [2.45, 2.75) is 6.92 Å². The fraction of sp³-hybridized carbons (Fsp3) is 0.125. The van der Waals surface area contributed by atoms with E-state index in [9.17, 15) is 9.59 Å². The zero-order chi connectivity index (χ0) is 10.0. The van der Waals surface area contributed by atoms with Crippen LogP contribution in [0.5, 0.6) is 0 Å². The van der Waals surface area contributed by atoms with Gasteiger partial charge in [-0.15, -0.1) is 0 Å². The zero-order valence-corrected chi connectivity index (χ0v) is 7.05. The molecule has 0 bridgehead atoms. The van der Waals surface area contributed by atoms with Crippen molar-refractivity contribution in [3.63, 3.8) is 0 Å². The van der Waals surface area contributed by atoms with Crippen LogP contribution in [0.1, 0.15) is 6.92 Å². The van der Waals surface area contributed by atoms with Crippen molar-refractivity contribution in [2.75, 3.05) is 0 Å². The Morgan fingerprint density at radius 2 is 2.15 bits per heavy atom. The number of carbonyl (C=O) groups is 2. The van der Waals surface area contributed by atoms with Gasteiger partial charge in [-0.25, -0.2) is 4.79 Å². The highest BCUT2D eigenvalue weighted by molar-refractivity contribution is 6.21. The summed E-state index contributed by atoms with van der Waals surface area (Å²) in [4.78, 5) is 21.4. The van der Waals surface area contributed by atoms with E-state index in [0.29, 0.717) is 5.57 Å². The van der Waals surface area contributed by atoms with Gasteiger partial charge in [0.25, 0.3) is 0 Å². The van der Waals surface area contributed by atoms with Crippen LogP contribution in [0.4, 0.5) is 4.79 Å². The second kappa shape index (κ2) is 3.22. The zero-order valence-electron chi connectivity index (χ0n) is 7.05. The van der Waals surface area contributed by atoms with E-state index in [-0.39, 0.29) is 17.2 Å². The van der Waals surface area contributed by atoms with Crippen molar-refractivity contribution in [3.05, 3.63) is 23.4 Å². The normalized spacial score (nSPS) is 16.4. The molecule has 13 heavy (non-hydrogen) atoms. The van der Waals surface area contributed by atoms with E-state index in [2.05, 4.69) is 5.32 Å². The number of amides is 2. The number of hydrogen-bond acceptors (Lipinski definition) is 3. The van der Waals surface area contributed by atoms with E-state index in [1.165, 1.54) is 12.2 Å². The molecule has 0 aromatic carbocycles. The minimum Gasteiger partial charge on any atom is -0.351 e. The van der Waals surface area contributed by atoms with Crippen LogP contribution in [0.3, 0.4) is 0 Å². The maximum Gasteiger partial charge on any atom is 0.316 e. The molecule has 0 saturated carbocycles. The third-order valence-electron chi connectivity index (χ3n) is 1.57. The first-order chi connectivity index (χ1) is 6.00. The number of hydrogen-bond donors (Lipinski definition) is 3. The molecule has 4 N–H and O–H groups in total. The molecule has 0 radical (unpaired) electrons. The first-order valence-electron chi connectivity index (χ1n) is 3.60. The fourth-order valence-corrected chi connectivity index (χ4v) is 0.985. The molecule has 0 aliphatic heterocycles. The molecule has 5 nitrogen and oxygen atoms in total. The third-order valence-corrected chi connectivity index (χ3v) is 1.57. The van der Waals surface area contributed by atoms with Gasteiger partial charge >= 0.3 is 6.03 Å². The lowest BCUT2D eigenvalue weighted by Crippen LogP contribution is -2.33. The summed E-state index contributed by atoms with van der Waals surface area (Å²) in [6, 6.07) is -0.779. The van der Waals surface area contributed by atoms with Crippen molar-refractivity contribution < 1.29 is 9.59 Å². The van der Waals surface area contributed by atoms with E-state index in [1.54, 1.807) is 6.92 Å². The van der Waals surface area contributed by atoms with Gasteiger partial charge in [-0.1, -0.05) is 0 Å². The lowest BCUT2D eigenvalue weighted by molar-refractivity contribution is -0.110. The minimum atomic E-state index is -0.779. The van der Waals surface area contributed by atoms with Crippen LogP contribution in [0.2, 0.25) is 0 Å². The van der Waals surface area contributed by atoms with E-state index in [1.807, 2.05) is 0 Å². The Labute approximate surface area is 74.8 Å². The Morgan fingerprint density at radius 1 is 1.54 bits per heavy atom. The van der Waals surface area contributed by atoms with Crippen LogP contribution in [0.25, 0.3) is 0 Å². The van der Waals surface area contributed by atoms with Crippen LogP contribution in [0.15, 0.2) is 23.4 Å². The van der Waals surface area contributed by atoms with E-state index in [4.69, 9.17) is 11.1 Å². The molecular weight excluding hydrogens is 170 g/mol. The molecule has 68 valence electrons. The number of nitrogens with two attached hydrogens (primary N) is 1. The summed E-state index contributed by atoms with van der Waals surface area (Å²) in [7, 11) is 0. The molecule has 5 heteroatoms. The standard InChI is InChI=1S/C8H9N3O2/c1-4-2-5(12)3-6(7(4)9)11-8(10)13/h2-3,9H,1H3,(H3,10,11,13). The predicted octanol–water partition coefficient (Wildman–Crippen LogP) is 0.0874. The SMILES string of the molecule is CC1=CC(=O)C=C(NC(N)=O)C1=N. The molecule has 0 atom stereocenters. The Hall–Kier alpha value is -1.91. The Balaban J connectivity index is 2.92. The molecule has 1 rings (SSSR count). The Morgan fingerprint density at radius 3 is 2.69 bits per heavy atom. The summed E-state index contributed by atoms with van der Waals surface area (Å²) in [6.07, 6.45) is 2.49. The number of allylic oxidation sites excluding steroid dienone is 3. The minimum absolute atomic E-state index is 0.110. The number of urea groups is 1. The fourth-order valence-electron chi connectivity index (χ4n) is 0.985. The summed E-state index contributed by atoms with van der Waals surface area (Å²) in [5, 5.41) is 9.68. The monoisotopic (exact) mass is 179 g/mol. The molecule has 0 aromatic heterocycles. The van der Waals surface area contributed by atoms with Gasteiger partial charge in [0.1, 0.15) is 0 Å². The van der Waals surface area contributed by atoms with Gasteiger partial charge in [0, 0.05) is 6.08 Å². The molecule has 0 heterocycles. The molecular formula is C8H9N3O2. The van der Waals surface area contributed by atoms with Gasteiger partial charge in [0.15, 0.2) is 5.78 Å². The van der Waals surface area contributed by atoms with Gasteiger partial charge < -0.3 is 11.1 Å². The van der Waals surface area contributed by atoms with Crippen LogP contribution < -0.4 is 11.1 Å². The number of carbonyl (C=O) groups excluding carboxylic acids is 2. The quantitative estimate of drug-likeness (QED) is 0.497. The van der Waals surface area contributed by atoms with Crippen molar-refractivity contribution in [1.29, 1.82) is 5.41 Å². The van der Waals surface area contributed by atoms with Crippen LogP contribution in [0, 0.1) is 5.41 Å². The summed E-state index contributed by atoms with van der Waals surface area (Å²) >= 11 is 0. The van der Waals surface area contributed by atoms with Crippen molar-refractivity contribution in [2.24, 2.45) is 5.73 Å². The number of nitrogens with one attached hydrogen (secondary N) is 2. The average Bonchev–Trinajstić information content (AvgIpc) is 1.98. The smallest absolute Gasteiger partial charge is 0.316 e. The Bertz CT molecular complexity index is 352. The number of ketones is 1. The van der Waals surface area contributed by atoms with Gasteiger partial charge in [-0.3, -0.25) is 10.2 Å². The third kappa shape index (κ3) is 2.02. The summed E-state index contributed by atoms with van der Waals surface area (Å²) in [6.45, 7) is 1.62. The van der Waals surface area contributed by atoms with Gasteiger partial charge in [-0.05, 0) is 18.6 Å². The highest BCUT2D eigenvalue weighted by Gasteiger charge is 2.15. The number of rotatable bonds is 1. The Kier molecular flexibility index (Phi) is 2.27. The van der Waals surface area contributed by atoms with E-state index < -0.39 is 6.03 Å². The maximum absolute atomic E-state index is 11.0. The van der Waals surface area contributed by atoms with Crippen LogP contribution in [-0.2, 0) is 4.79 Å². The van der Waals surface area contributed by atoms with Crippen molar-refractivity contribution in [3.8, 4) is 0 Å².